The molecule has 0 saturated heterocycles. The lowest BCUT2D eigenvalue weighted by Crippen LogP contribution is -2.26. The molecule has 1 aromatic carbocycles. The average molecular weight is 310 g/mol. The van der Waals surface area contributed by atoms with Gasteiger partial charge in [-0.2, -0.15) is 0 Å². The van der Waals surface area contributed by atoms with Crippen molar-refractivity contribution in [1.29, 1.82) is 0 Å². The summed E-state index contributed by atoms with van der Waals surface area (Å²) in [6.45, 7) is 4.57. The molecule has 0 heterocycles. The van der Waals surface area contributed by atoms with Gasteiger partial charge in [0.1, 0.15) is 0 Å². The molecule has 0 saturated carbocycles. The van der Waals surface area contributed by atoms with Crippen molar-refractivity contribution in [2.45, 2.75) is 31.6 Å². The molecular formula is C15H22N2O3S. The van der Waals surface area contributed by atoms with Crippen LogP contribution in [0.15, 0.2) is 23.1 Å². The first-order valence-electron chi connectivity index (χ1n) is 6.94. The van der Waals surface area contributed by atoms with Crippen molar-refractivity contribution in [2.24, 2.45) is 0 Å². The number of hydrogen-bond acceptors (Lipinski definition) is 5. The topological polar surface area (TPSA) is 81.4 Å². The van der Waals surface area contributed by atoms with Crippen LogP contribution in [0.4, 0.5) is 5.69 Å². The molecule has 6 heteroatoms. The summed E-state index contributed by atoms with van der Waals surface area (Å²) < 4.78 is 4.81. The first-order chi connectivity index (χ1) is 10.0. The van der Waals surface area contributed by atoms with Crippen LogP contribution in [0.1, 0.15) is 25.3 Å². The fraction of sp³-hybridized carbons (Fsp3) is 0.467. The van der Waals surface area contributed by atoms with E-state index in [9.17, 15) is 9.59 Å². The molecule has 0 fully saturated rings. The second-order valence-electron chi connectivity index (χ2n) is 4.53. The SMILES string of the molecule is CCOC(=O)CCCNC(=O)CSc1cccc(C)c1N. The third kappa shape index (κ3) is 6.53. The van der Waals surface area contributed by atoms with Gasteiger partial charge in [0.05, 0.1) is 12.4 Å². The summed E-state index contributed by atoms with van der Waals surface area (Å²) in [5.41, 5.74) is 7.68. The average Bonchev–Trinajstić information content (AvgIpc) is 2.45. The van der Waals surface area contributed by atoms with Gasteiger partial charge in [0.25, 0.3) is 0 Å². The molecule has 0 aliphatic carbocycles. The van der Waals surface area contributed by atoms with Crippen LogP contribution in [0.3, 0.4) is 0 Å². The Balaban J connectivity index is 2.22. The number of nitrogen functional groups attached to an aromatic ring is 1. The minimum absolute atomic E-state index is 0.0650. The summed E-state index contributed by atoms with van der Waals surface area (Å²) in [6.07, 6.45) is 0.911. The fourth-order valence-corrected chi connectivity index (χ4v) is 2.55. The number of anilines is 1. The van der Waals surface area contributed by atoms with Gasteiger partial charge in [0, 0.05) is 23.5 Å². The number of ether oxygens (including phenoxy) is 1. The van der Waals surface area contributed by atoms with Crippen LogP contribution in [-0.2, 0) is 14.3 Å². The zero-order valence-electron chi connectivity index (χ0n) is 12.5. The van der Waals surface area contributed by atoms with Crippen molar-refractivity contribution in [3.05, 3.63) is 23.8 Å². The van der Waals surface area contributed by atoms with E-state index in [1.165, 1.54) is 11.8 Å². The first kappa shape index (κ1) is 17.4. The van der Waals surface area contributed by atoms with Crippen molar-refractivity contribution in [3.8, 4) is 0 Å². The molecule has 0 unspecified atom stereocenters. The quantitative estimate of drug-likeness (QED) is 0.333. The number of carbonyl (C=O) groups is 2. The van der Waals surface area contributed by atoms with Crippen molar-refractivity contribution >= 4 is 29.3 Å². The van der Waals surface area contributed by atoms with Gasteiger partial charge in [-0.3, -0.25) is 9.59 Å². The molecule has 21 heavy (non-hydrogen) atoms. The van der Waals surface area contributed by atoms with E-state index in [1.807, 2.05) is 25.1 Å². The van der Waals surface area contributed by atoms with E-state index in [1.54, 1.807) is 6.92 Å². The van der Waals surface area contributed by atoms with Crippen LogP contribution in [0.2, 0.25) is 0 Å². The molecule has 1 amide bonds. The molecule has 3 N–H and O–H groups in total. The number of aryl methyl sites for hydroxylation is 1. The molecule has 0 aromatic heterocycles. The molecule has 0 aliphatic heterocycles. The molecular weight excluding hydrogens is 288 g/mol. The Kier molecular flexibility index (Phi) is 7.68. The maximum Gasteiger partial charge on any atom is 0.305 e. The molecule has 116 valence electrons. The second kappa shape index (κ2) is 9.28. The number of thioether (sulfide) groups is 1. The molecule has 0 atom stereocenters. The number of benzene rings is 1. The number of rotatable bonds is 8. The van der Waals surface area contributed by atoms with Gasteiger partial charge in [-0.1, -0.05) is 12.1 Å². The van der Waals surface area contributed by atoms with Gasteiger partial charge in [-0.05, 0) is 31.9 Å². The Morgan fingerprint density at radius 2 is 2.14 bits per heavy atom. The van der Waals surface area contributed by atoms with E-state index in [-0.39, 0.29) is 11.9 Å². The Bertz CT molecular complexity index is 492. The van der Waals surface area contributed by atoms with E-state index in [0.717, 1.165) is 16.1 Å². The highest BCUT2D eigenvalue weighted by molar-refractivity contribution is 8.00. The highest BCUT2D eigenvalue weighted by Gasteiger charge is 2.07. The van der Waals surface area contributed by atoms with Gasteiger partial charge in [-0.15, -0.1) is 11.8 Å². The number of nitrogens with two attached hydrogens (primary N) is 1. The van der Waals surface area contributed by atoms with Crippen LogP contribution in [-0.4, -0.2) is 30.8 Å². The summed E-state index contributed by atoms with van der Waals surface area (Å²) in [6, 6.07) is 5.77. The number of carbonyl (C=O) groups excluding carboxylic acids is 2. The van der Waals surface area contributed by atoms with Crippen LogP contribution in [0, 0.1) is 6.92 Å². The Morgan fingerprint density at radius 3 is 2.86 bits per heavy atom. The third-order valence-electron chi connectivity index (χ3n) is 2.83. The Morgan fingerprint density at radius 1 is 1.38 bits per heavy atom. The normalized spacial score (nSPS) is 10.2. The van der Waals surface area contributed by atoms with Gasteiger partial charge in [0.2, 0.25) is 5.91 Å². The van der Waals surface area contributed by atoms with Crippen molar-refractivity contribution in [2.75, 3.05) is 24.6 Å². The summed E-state index contributed by atoms with van der Waals surface area (Å²) in [5, 5.41) is 2.78. The highest BCUT2D eigenvalue weighted by Crippen LogP contribution is 2.26. The molecule has 0 radical (unpaired) electrons. The van der Waals surface area contributed by atoms with Gasteiger partial charge >= 0.3 is 5.97 Å². The molecule has 1 rings (SSSR count). The molecule has 1 aromatic rings. The lowest BCUT2D eigenvalue weighted by molar-refractivity contribution is -0.143. The summed E-state index contributed by atoms with van der Waals surface area (Å²) in [5.74, 6) is 0.0194. The van der Waals surface area contributed by atoms with Crippen molar-refractivity contribution in [3.63, 3.8) is 0 Å². The lowest BCUT2D eigenvalue weighted by Gasteiger charge is -2.08. The predicted octanol–water partition coefficient (Wildman–Crippen LogP) is 2.13. The van der Waals surface area contributed by atoms with Gasteiger partial charge < -0.3 is 15.8 Å². The maximum atomic E-state index is 11.7. The number of hydrogen-bond donors (Lipinski definition) is 2. The van der Waals surface area contributed by atoms with Crippen LogP contribution < -0.4 is 11.1 Å². The summed E-state index contributed by atoms with van der Waals surface area (Å²) in [7, 11) is 0. The zero-order valence-corrected chi connectivity index (χ0v) is 13.3. The standard InChI is InChI=1S/C15H22N2O3S/c1-3-20-14(19)8-5-9-17-13(18)10-21-12-7-4-6-11(2)15(12)16/h4,6-7H,3,5,8-10,16H2,1-2H3,(H,17,18). The van der Waals surface area contributed by atoms with Crippen LogP contribution in [0.5, 0.6) is 0 Å². The smallest absolute Gasteiger partial charge is 0.305 e. The molecule has 0 spiro atoms. The van der Waals surface area contributed by atoms with Crippen molar-refractivity contribution in [1.82, 2.24) is 5.32 Å². The number of para-hydroxylation sites is 1. The third-order valence-corrected chi connectivity index (χ3v) is 3.90. The van der Waals surface area contributed by atoms with E-state index in [4.69, 9.17) is 10.5 Å². The molecule has 0 aliphatic rings. The summed E-state index contributed by atoms with van der Waals surface area (Å²) in [4.78, 5) is 23.7. The largest absolute Gasteiger partial charge is 0.466 e. The van der Waals surface area contributed by atoms with Crippen LogP contribution >= 0.6 is 11.8 Å². The summed E-state index contributed by atoms with van der Waals surface area (Å²) >= 11 is 1.41. The molecule has 5 nitrogen and oxygen atoms in total. The van der Waals surface area contributed by atoms with E-state index >= 15 is 0 Å². The monoisotopic (exact) mass is 310 g/mol. The minimum atomic E-state index is -0.228. The van der Waals surface area contributed by atoms with E-state index in [2.05, 4.69) is 5.32 Å². The predicted molar refractivity (Wildman–Crippen MR) is 85.2 cm³/mol. The lowest BCUT2D eigenvalue weighted by atomic mass is 10.2. The number of amides is 1. The number of nitrogens with one attached hydrogen (secondary N) is 1. The molecule has 0 bridgehead atoms. The fourth-order valence-electron chi connectivity index (χ4n) is 1.67. The highest BCUT2D eigenvalue weighted by atomic mass is 32.2. The zero-order chi connectivity index (χ0) is 15.7. The minimum Gasteiger partial charge on any atom is -0.466 e. The van der Waals surface area contributed by atoms with Crippen LogP contribution in [0.25, 0.3) is 0 Å². The van der Waals surface area contributed by atoms with Gasteiger partial charge in [0.15, 0.2) is 0 Å². The second-order valence-corrected chi connectivity index (χ2v) is 5.55. The Hall–Kier alpha value is -1.69. The Labute approximate surface area is 129 Å². The van der Waals surface area contributed by atoms with E-state index < -0.39 is 0 Å². The van der Waals surface area contributed by atoms with Gasteiger partial charge in [-0.25, -0.2) is 0 Å². The first-order valence-corrected chi connectivity index (χ1v) is 7.93. The maximum absolute atomic E-state index is 11.7. The number of esters is 1. The van der Waals surface area contributed by atoms with Crippen molar-refractivity contribution < 1.29 is 14.3 Å². The van der Waals surface area contributed by atoms with E-state index in [0.29, 0.717) is 31.7 Å².